The molecule has 0 amide bonds. The molecule has 0 bridgehead atoms. The fourth-order valence-corrected chi connectivity index (χ4v) is 1.40. The topological polar surface area (TPSA) is 52.6 Å². The molecule has 88 valence electrons. The zero-order chi connectivity index (χ0) is 11.8. The molecular formula is C12H16O4. The van der Waals surface area contributed by atoms with Crippen LogP contribution in [0.1, 0.15) is 25.7 Å². The fourth-order valence-electron chi connectivity index (χ4n) is 1.40. The van der Waals surface area contributed by atoms with E-state index in [0.29, 0.717) is 0 Å². The zero-order valence-corrected chi connectivity index (χ0v) is 9.19. The maximum atomic E-state index is 11.3. The fraction of sp³-hybridized carbons (Fsp3) is 0.500. The van der Waals surface area contributed by atoms with Gasteiger partial charge >= 0.3 is 11.9 Å². The SMILES string of the molecule is C=CC(=O)OCCC(=O)OC1C=CCCC1. The van der Waals surface area contributed by atoms with Crippen molar-refractivity contribution in [2.45, 2.75) is 31.8 Å². The van der Waals surface area contributed by atoms with Crippen molar-refractivity contribution in [3.63, 3.8) is 0 Å². The summed E-state index contributed by atoms with van der Waals surface area (Å²) in [6.45, 7) is 3.29. The second-order valence-electron chi connectivity index (χ2n) is 3.51. The number of hydrogen-bond acceptors (Lipinski definition) is 4. The molecule has 0 saturated heterocycles. The van der Waals surface area contributed by atoms with Gasteiger partial charge in [-0.05, 0) is 25.3 Å². The van der Waals surface area contributed by atoms with E-state index in [-0.39, 0.29) is 25.1 Å². The third kappa shape index (κ3) is 4.77. The van der Waals surface area contributed by atoms with E-state index < -0.39 is 5.97 Å². The third-order valence-electron chi connectivity index (χ3n) is 2.21. The Kier molecular flexibility index (Phi) is 5.32. The van der Waals surface area contributed by atoms with Crippen LogP contribution in [0.5, 0.6) is 0 Å². The molecule has 0 N–H and O–H groups in total. The normalized spacial score (nSPS) is 18.9. The minimum atomic E-state index is -0.523. The van der Waals surface area contributed by atoms with Gasteiger partial charge in [0.15, 0.2) is 0 Å². The highest BCUT2D eigenvalue weighted by molar-refractivity contribution is 5.81. The summed E-state index contributed by atoms with van der Waals surface area (Å²) in [7, 11) is 0. The van der Waals surface area contributed by atoms with Crippen LogP contribution in [0.4, 0.5) is 0 Å². The van der Waals surface area contributed by atoms with Gasteiger partial charge in [-0.2, -0.15) is 0 Å². The van der Waals surface area contributed by atoms with Crippen molar-refractivity contribution in [1.82, 2.24) is 0 Å². The molecule has 0 aromatic heterocycles. The second kappa shape index (κ2) is 6.82. The van der Waals surface area contributed by atoms with Crippen LogP contribution < -0.4 is 0 Å². The first-order valence-corrected chi connectivity index (χ1v) is 5.37. The second-order valence-corrected chi connectivity index (χ2v) is 3.51. The Morgan fingerprint density at radius 1 is 1.50 bits per heavy atom. The van der Waals surface area contributed by atoms with Gasteiger partial charge in [-0.15, -0.1) is 0 Å². The Labute approximate surface area is 94.9 Å². The van der Waals surface area contributed by atoms with Crippen LogP contribution in [0.25, 0.3) is 0 Å². The van der Waals surface area contributed by atoms with Gasteiger partial charge in [0.25, 0.3) is 0 Å². The molecule has 16 heavy (non-hydrogen) atoms. The number of rotatable bonds is 5. The predicted octanol–water partition coefficient (Wildman–Crippen LogP) is 1.76. The molecule has 0 heterocycles. The van der Waals surface area contributed by atoms with Gasteiger partial charge in [0.1, 0.15) is 12.7 Å². The number of carbonyl (C=O) groups excluding carboxylic acids is 2. The molecule has 0 saturated carbocycles. The van der Waals surface area contributed by atoms with Gasteiger partial charge < -0.3 is 9.47 Å². The predicted molar refractivity (Wildman–Crippen MR) is 58.6 cm³/mol. The lowest BCUT2D eigenvalue weighted by Crippen LogP contribution is -2.19. The first-order chi connectivity index (χ1) is 7.72. The molecule has 1 atom stereocenters. The minimum absolute atomic E-state index is 0.0418. The third-order valence-corrected chi connectivity index (χ3v) is 2.21. The van der Waals surface area contributed by atoms with E-state index in [1.165, 1.54) is 0 Å². The van der Waals surface area contributed by atoms with Crippen molar-refractivity contribution in [1.29, 1.82) is 0 Å². The van der Waals surface area contributed by atoms with Crippen molar-refractivity contribution < 1.29 is 19.1 Å². The number of carbonyl (C=O) groups is 2. The first kappa shape index (κ1) is 12.5. The average Bonchev–Trinajstić information content (AvgIpc) is 2.30. The van der Waals surface area contributed by atoms with Crippen LogP contribution >= 0.6 is 0 Å². The van der Waals surface area contributed by atoms with E-state index in [9.17, 15) is 9.59 Å². The summed E-state index contributed by atoms with van der Waals surface area (Å²) in [5.74, 6) is -0.862. The highest BCUT2D eigenvalue weighted by atomic mass is 16.6. The van der Waals surface area contributed by atoms with Gasteiger partial charge in [0.2, 0.25) is 0 Å². The van der Waals surface area contributed by atoms with Crippen LogP contribution in [0.3, 0.4) is 0 Å². The van der Waals surface area contributed by atoms with Gasteiger partial charge in [-0.1, -0.05) is 12.7 Å². The number of allylic oxidation sites excluding steroid dienone is 1. The highest BCUT2D eigenvalue weighted by Gasteiger charge is 2.13. The molecule has 0 aromatic rings. The Morgan fingerprint density at radius 2 is 2.31 bits per heavy atom. The standard InChI is InChI=1S/C12H16O4/c1-2-11(13)15-9-8-12(14)16-10-6-4-3-5-7-10/h2,4,6,10H,1,3,5,7-9H2. The van der Waals surface area contributed by atoms with E-state index in [0.717, 1.165) is 25.3 Å². The average molecular weight is 224 g/mol. The molecule has 4 heteroatoms. The van der Waals surface area contributed by atoms with Crippen LogP contribution in [-0.2, 0) is 19.1 Å². The number of esters is 2. The van der Waals surface area contributed by atoms with Gasteiger partial charge in [0, 0.05) is 6.08 Å². The van der Waals surface area contributed by atoms with Gasteiger partial charge in [-0.3, -0.25) is 4.79 Å². The first-order valence-electron chi connectivity index (χ1n) is 5.37. The zero-order valence-electron chi connectivity index (χ0n) is 9.19. The van der Waals surface area contributed by atoms with Crippen molar-refractivity contribution >= 4 is 11.9 Å². The maximum Gasteiger partial charge on any atom is 0.330 e. The van der Waals surface area contributed by atoms with E-state index in [1.54, 1.807) is 0 Å². The summed E-state index contributed by atoms with van der Waals surface area (Å²) >= 11 is 0. The Bertz CT molecular complexity index is 293. The molecule has 1 aliphatic carbocycles. The molecule has 0 radical (unpaired) electrons. The van der Waals surface area contributed by atoms with E-state index in [2.05, 4.69) is 11.3 Å². The van der Waals surface area contributed by atoms with E-state index >= 15 is 0 Å². The van der Waals surface area contributed by atoms with Crippen LogP contribution in [0, 0.1) is 0 Å². The molecule has 0 spiro atoms. The van der Waals surface area contributed by atoms with Crippen molar-refractivity contribution in [2.75, 3.05) is 6.61 Å². The summed E-state index contributed by atoms with van der Waals surface area (Å²) in [6, 6.07) is 0. The smallest absolute Gasteiger partial charge is 0.330 e. The van der Waals surface area contributed by atoms with E-state index in [4.69, 9.17) is 4.74 Å². The van der Waals surface area contributed by atoms with Gasteiger partial charge in [-0.25, -0.2) is 4.79 Å². The summed E-state index contributed by atoms with van der Waals surface area (Å²) < 4.78 is 9.84. The quantitative estimate of drug-likeness (QED) is 0.405. The number of ether oxygens (including phenoxy) is 2. The van der Waals surface area contributed by atoms with E-state index in [1.807, 2.05) is 12.2 Å². The van der Waals surface area contributed by atoms with Crippen molar-refractivity contribution in [3.8, 4) is 0 Å². The van der Waals surface area contributed by atoms with Crippen LogP contribution in [0.15, 0.2) is 24.8 Å². The molecule has 0 aliphatic heterocycles. The summed E-state index contributed by atoms with van der Waals surface area (Å²) in [6.07, 6.45) is 7.91. The lowest BCUT2D eigenvalue weighted by atomic mass is 10.1. The lowest BCUT2D eigenvalue weighted by molar-refractivity contribution is -0.150. The highest BCUT2D eigenvalue weighted by Crippen LogP contribution is 2.13. The van der Waals surface area contributed by atoms with Crippen LogP contribution in [-0.4, -0.2) is 24.6 Å². The largest absolute Gasteiger partial charge is 0.462 e. The monoisotopic (exact) mass is 224 g/mol. The lowest BCUT2D eigenvalue weighted by Gasteiger charge is -2.16. The molecule has 0 aromatic carbocycles. The van der Waals surface area contributed by atoms with Crippen molar-refractivity contribution in [3.05, 3.63) is 24.8 Å². The Morgan fingerprint density at radius 3 is 2.94 bits per heavy atom. The Balaban J connectivity index is 2.15. The molecule has 0 fully saturated rings. The summed E-state index contributed by atoms with van der Waals surface area (Å²) in [5, 5.41) is 0. The Hall–Kier alpha value is -1.58. The molecule has 4 nitrogen and oxygen atoms in total. The molecule has 1 unspecified atom stereocenters. The summed E-state index contributed by atoms with van der Waals surface area (Å²) in [4.78, 5) is 22.0. The summed E-state index contributed by atoms with van der Waals surface area (Å²) in [5.41, 5.74) is 0. The maximum absolute atomic E-state index is 11.3. The van der Waals surface area contributed by atoms with Crippen LogP contribution in [0.2, 0.25) is 0 Å². The molecule has 1 aliphatic rings. The minimum Gasteiger partial charge on any atom is -0.462 e. The van der Waals surface area contributed by atoms with Crippen molar-refractivity contribution in [2.24, 2.45) is 0 Å². The molecular weight excluding hydrogens is 208 g/mol. The van der Waals surface area contributed by atoms with Gasteiger partial charge in [0.05, 0.1) is 6.42 Å². The molecule has 1 rings (SSSR count). The number of hydrogen-bond donors (Lipinski definition) is 0.